The Morgan fingerprint density at radius 2 is 1.79 bits per heavy atom. The van der Waals surface area contributed by atoms with Gasteiger partial charge in [0.05, 0.1) is 19.7 Å². The highest BCUT2D eigenvalue weighted by Gasteiger charge is 2.27. The van der Waals surface area contributed by atoms with Gasteiger partial charge >= 0.3 is 0 Å². The van der Waals surface area contributed by atoms with Crippen LogP contribution in [0.3, 0.4) is 0 Å². The van der Waals surface area contributed by atoms with E-state index in [2.05, 4.69) is 19.9 Å². The third-order valence-electron chi connectivity index (χ3n) is 6.67. The molecule has 9 heteroatoms. The fourth-order valence-electron chi connectivity index (χ4n) is 4.74. The van der Waals surface area contributed by atoms with Gasteiger partial charge in [-0.15, -0.1) is 0 Å². The average molecular weight is 522 g/mol. The predicted octanol–water partition coefficient (Wildman–Crippen LogP) is 5.58. The van der Waals surface area contributed by atoms with Gasteiger partial charge in [-0.25, -0.2) is 9.37 Å². The summed E-state index contributed by atoms with van der Waals surface area (Å²) >= 11 is 0. The SMILES string of the molecule is CC.CCc1cc(-c2cnccc2OC)c2cc(C(=O)N3CCN(c4ncccc4OC)CC3)[nH]c2c1F.[HH]. The van der Waals surface area contributed by atoms with E-state index in [1.807, 2.05) is 39.0 Å². The van der Waals surface area contributed by atoms with Gasteiger partial charge in [0.2, 0.25) is 0 Å². The minimum atomic E-state index is -0.342. The number of nitrogens with zero attached hydrogens (tertiary/aromatic N) is 4. The van der Waals surface area contributed by atoms with Crippen LogP contribution in [-0.2, 0) is 6.42 Å². The van der Waals surface area contributed by atoms with Crippen LogP contribution in [0.5, 0.6) is 11.5 Å². The molecule has 4 aromatic rings. The van der Waals surface area contributed by atoms with E-state index in [1.165, 1.54) is 0 Å². The number of piperazine rings is 1. The molecule has 1 aliphatic rings. The number of anilines is 1. The Bertz CT molecular complexity index is 1420. The van der Waals surface area contributed by atoms with E-state index < -0.39 is 0 Å². The van der Waals surface area contributed by atoms with Crippen molar-refractivity contribution >= 4 is 22.6 Å². The molecule has 3 aromatic heterocycles. The topological polar surface area (TPSA) is 83.6 Å². The Kier molecular flexibility index (Phi) is 8.45. The third kappa shape index (κ3) is 5.01. The molecular formula is C29H36FN5O3. The number of carbonyl (C=O) groups is 1. The maximum absolute atomic E-state index is 15.3. The standard InChI is InChI=1S/C27H28FN5O3.C2H6.H2/c1-4-17-14-18(20-16-29-9-7-22(20)35-2)19-15-21(31-25(19)24(17)28)27(34)33-12-10-32(11-13-33)26-23(36-3)6-5-8-30-26;1-2;/h5-9,14-16,31H,4,10-13H2,1-3H3;1-2H3;1H. The molecule has 1 aliphatic heterocycles. The van der Waals surface area contributed by atoms with Gasteiger partial charge in [0.1, 0.15) is 17.3 Å². The Labute approximate surface area is 223 Å². The first-order valence-electron chi connectivity index (χ1n) is 12.9. The number of amides is 1. The lowest BCUT2D eigenvalue weighted by Crippen LogP contribution is -2.49. The van der Waals surface area contributed by atoms with Crippen LogP contribution in [0.1, 0.15) is 38.2 Å². The summed E-state index contributed by atoms with van der Waals surface area (Å²) in [6, 6.07) is 9.02. The molecule has 1 saturated heterocycles. The van der Waals surface area contributed by atoms with Crippen molar-refractivity contribution in [3.63, 3.8) is 0 Å². The fraction of sp³-hybridized carbons (Fsp3) is 0.345. The van der Waals surface area contributed by atoms with E-state index in [9.17, 15) is 4.79 Å². The lowest BCUT2D eigenvalue weighted by molar-refractivity contribution is 0.0741. The highest BCUT2D eigenvalue weighted by Crippen LogP contribution is 2.37. The van der Waals surface area contributed by atoms with Crippen LogP contribution in [0.2, 0.25) is 0 Å². The molecule has 0 bridgehead atoms. The average Bonchev–Trinajstić information content (AvgIpc) is 3.44. The first-order valence-corrected chi connectivity index (χ1v) is 12.9. The number of H-pyrrole nitrogens is 1. The number of aromatic nitrogens is 3. The van der Waals surface area contributed by atoms with Crippen LogP contribution in [0.4, 0.5) is 10.2 Å². The van der Waals surface area contributed by atoms with Crippen LogP contribution in [-0.4, -0.2) is 66.2 Å². The van der Waals surface area contributed by atoms with Crippen LogP contribution in [0.25, 0.3) is 22.0 Å². The summed E-state index contributed by atoms with van der Waals surface area (Å²) in [7, 11) is 3.21. The van der Waals surface area contributed by atoms with Crippen LogP contribution >= 0.6 is 0 Å². The molecule has 202 valence electrons. The number of ether oxygens (including phenoxy) is 2. The Hall–Kier alpha value is -4.14. The second-order valence-corrected chi connectivity index (χ2v) is 8.61. The van der Waals surface area contributed by atoms with Gasteiger partial charge in [-0.05, 0) is 47.9 Å². The number of rotatable bonds is 6. The van der Waals surface area contributed by atoms with Crippen molar-refractivity contribution in [2.45, 2.75) is 27.2 Å². The zero-order chi connectivity index (χ0) is 27.2. The van der Waals surface area contributed by atoms with Crippen LogP contribution < -0.4 is 14.4 Å². The minimum absolute atomic E-state index is 0. The molecule has 4 heterocycles. The summed E-state index contributed by atoms with van der Waals surface area (Å²) in [6.07, 6.45) is 5.59. The molecule has 0 saturated carbocycles. The van der Waals surface area contributed by atoms with E-state index in [-0.39, 0.29) is 13.2 Å². The molecule has 0 aliphatic carbocycles. The molecule has 1 aromatic carbocycles. The summed E-state index contributed by atoms with van der Waals surface area (Å²) in [5.74, 6) is 1.59. The Morgan fingerprint density at radius 3 is 2.47 bits per heavy atom. The van der Waals surface area contributed by atoms with Gasteiger partial charge in [0.15, 0.2) is 11.6 Å². The Morgan fingerprint density at radius 1 is 1.05 bits per heavy atom. The van der Waals surface area contributed by atoms with Crippen molar-refractivity contribution in [2.75, 3.05) is 45.3 Å². The molecule has 38 heavy (non-hydrogen) atoms. The van der Waals surface area contributed by atoms with Gasteiger partial charge in [-0.1, -0.05) is 20.8 Å². The number of benzene rings is 1. The van der Waals surface area contributed by atoms with Crippen molar-refractivity contribution < 1.29 is 20.1 Å². The summed E-state index contributed by atoms with van der Waals surface area (Å²) < 4.78 is 26.3. The fourth-order valence-corrected chi connectivity index (χ4v) is 4.74. The van der Waals surface area contributed by atoms with Crippen molar-refractivity contribution in [1.29, 1.82) is 0 Å². The summed E-state index contributed by atoms with van der Waals surface area (Å²) in [4.78, 5) is 29.1. The zero-order valence-corrected chi connectivity index (χ0v) is 22.5. The smallest absolute Gasteiger partial charge is 0.270 e. The molecule has 1 N–H and O–H groups in total. The second kappa shape index (κ2) is 11.9. The lowest BCUT2D eigenvalue weighted by atomic mass is 9.98. The molecule has 8 nitrogen and oxygen atoms in total. The molecule has 0 spiro atoms. The van der Waals surface area contributed by atoms with Crippen molar-refractivity contribution in [3.8, 4) is 22.6 Å². The molecule has 1 fully saturated rings. The van der Waals surface area contributed by atoms with Gasteiger partial charge in [0, 0.05) is 57.1 Å². The molecule has 0 atom stereocenters. The second-order valence-electron chi connectivity index (χ2n) is 8.61. The van der Waals surface area contributed by atoms with Gasteiger partial charge in [-0.2, -0.15) is 0 Å². The molecule has 0 radical (unpaired) electrons. The number of fused-ring (bicyclic) bond motifs is 1. The molecular weight excluding hydrogens is 485 g/mol. The summed E-state index contributed by atoms with van der Waals surface area (Å²) in [5.41, 5.74) is 2.74. The Balaban J connectivity index is 0.00000137. The number of methoxy groups -OCH3 is 2. The van der Waals surface area contributed by atoms with E-state index in [0.29, 0.717) is 66.3 Å². The maximum atomic E-state index is 15.3. The molecule has 5 rings (SSSR count). The number of aromatic amines is 1. The molecule has 1 amide bonds. The number of aryl methyl sites for hydroxylation is 1. The van der Waals surface area contributed by atoms with Crippen molar-refractivity contribution in [2.24, 2.45) is 0 Å². The van der Waals surface area contributed by atoms with Crippen LogP contribution in [0.15, 0.2) is 48.9 Å². The quantitative estimate of drug-likeness (QED) is 0.357. The normalized spacial score (nSPS) is 13.2. The van der Waals surface area contributed by atoms with Crippen LogP contribution in [0, 0.1) is 5.82 Å². The number of hydrogen-bond donors (Lipinski definition) is 1. The van der Waals surface area contributed by atoms with Gasteiger partial charge in [-0.3, -0.25) is 9.78 Å². The first kappa shape index (κ1) is 26.9. The highest BCUT2D eigenvalue weighted by molar-refractivity contribution is 6.04. The predicted molar refractivity (Wildman–Crippen MR) is 150 cm³/mol. The van der Waals surface area contributed by atoms with Crippen molar-refractivity contribution in [3.05, 3.63) is 66.0 Å². The van der Waals surface area contributed by atoms with Gasteiger partial charge < -0.3 is 24.3 Å². The zero-order valence-electron chi connectivity index (χ0n) is 22.5. The minimum Gasteiger partial charge on any atom is -0.496 e. The number of pyridine rings is 2. The monoisotopic (exact) mass is 521 g/mol. The lowest BCUT2D eigenvalue weighted by Gasteiger charge is -2.35. The van der Waals surface area contributed by atoms with E-state index in [1.54, 1.807) is 49.8 Å². The summed E-state index contributed by atoms with van der Waals surface area (Å²) in [6.45, 7) is 8.16. The maximum Gasteiger partial charge on any atom is 0.270 e. The van der Waals surface area contributed by atoms with Crippen molar-refractivity contribution in [1.82, 2.24) is 19.9 Å². The number of halogens is 1. The van der Waals surface area contributed by atoms with E-state index >= 15 is 4.39 Å². The van der Waals surface area contributed by atoms with E-state index in [0.717, 1.165) is 16.9 Å². The first-order chi connectivity index (χ1) is 18.5. The number of nitrogens with one attached hydrogen (secondary N) is 1. The third-order valence-corrected chi connectivity index (χ3v) is 6.67. The number of carbonyl (C=O) groups excluding carboxylic acids is 1. The number of hydrogen-bond acceptors (Lipinski definition) is 6. The highest BCUT2D eigenvalue weighted by atomic mass is 19.1. The van der Waals surface area contributed by atoms with E-state index in [4.69, 9.17) is 9.47 Å². The molecule has 0 unspecified atom stereocenters. The van der Waals surface area contributed by atoms with Gasteiger partial charge in [0.25, 0.3) is 5.91 Å². The summed E-state index contributed by atoms with van der Waals surface area (Å²) in [5, 5.41) is 0.621. The largest absolute Gasteiger partial charge is 0.496 e.